The lowest BCUT2D eigenvalue weighted by atomic mass is 10.2. The smallest absolute Gasteiger partial charge is 0.314 e. The summed E-state index contributed by atoms with van der Waals surface area (Å²) in [4.78, 5) is 21.9. The number of carbonyl (C=O) groups excluding carboxylic acids is 1. The molecule has 1 atom stereocenters. The highest BCUT2D eigenvalue weighted by Gasteiger charge is 2.14. The molecule has 0 rings (SSSR count). The zero-order valence-electron chi connectivity index (χ0n) is 10.9. The van der Waals surface area contributed by atoms with Crippen molar-refractivity contribution in [3.05, 3.63) is 12.2 Å². The maximum absolute atomic E-state index is 11.4. The van der Waals surface area contributed by atoms with Crippen LogP contribution in [0.1, 0.15) is 26.7 Å². The van der Waals surface area contributed by atoms with Gasteiger partial charge in [0.25, 0.3) is 0 Å². The van der Waals surface area contributed by atoms with Gasteiger partial charge in [-0.3, -0.25) is 4.79 Å². The molecule has 18 heavy (non-hydrogen) atoms. The van der Waals surface area contributed by atoms with Gasteiger partial charge in [-0.05, 0) is 20.3 Å². The molecule has 6 heteroatoms. The molecule has 0 aromatic heterocycles. The van der Waals surface area contributed by atoms with Gasteiger partial charge in [0.15, 0.2) is 0 Å². The first-order chi connectivity index (χ1) is 8.60. The van der Waals surface area contributed by atoms with Crippen LogP contribution in [-0.4, -0.2) is 42.9 Å². The molecule has 0 fully saturated rings. The van der Waals surface area contributed by atoms with Gasteiger partial charge in [-0.15, -0.1) is 0 Å². The van der Waals surface area contributed by atoms with E-state index in [1.165, 1.54) is 0 Å². The highest BCUT2D eigenvalue weighted by atomic mass is 16.5. The molecule has 0 spiro atoms. The highest BCUT2D eigenvalue weighted by molar-refractivity contribution is 5.74. The van der Waals surface area contributed by atoms with Gasteiger partial charge in [0, 0.05) is 19.7 Å². The predicted octanol–water partition coefficient (Wildman–Crippen LogP) is 1.13. The summed E-state index contributed by atoms with van der Waals surface area (Å²) in [5.74, 6) is -0.941. The SMILES string of the molecule is C/C=C/CCNC(=O)NCC(CC(=O)O)OCC. The first kappa shape index (κ1) is 16.4. The molecule has 1 unspecified atom stereocenters. The summed E-state index contributed by atoms with van der Waals surface area (Å²) in [7, 11) is 0. The lowest BCUT2D eigenvalue weighted by Crippen LogP contribution is -2.41. The van der Waals surface area contributed by atoms with E-state index in [0.29, 0.717) is 13.2 Å². The number of rotatable bonds is 9. The number of ether oxygens (including phenoxy) is 1. The lowest BCUT2D eigenvalue weighted by molar-refractivity contribution is -0.140. The minimum absolute atomic E-state index is 0.118. The van der Waals surface area contributed by atoms with Crippen LogP contribution in [0.15, 0.2) is 12.2 Å². The Hall–Kier alpha value is -1.56. The Morgan fingerprint density at radius 3 is 2.67 bits per heavy atom. The van der Waals surface area contributed by atoms with E-state index in [2.05, 4.69) is 10.6 Å². The molecule has 2 amide bonds. The molecular weight excluding hydrogens is 236 g/mol. The molecule has 0 saturated carbocycles. The van der Waals surface area contributed by atoms with Crippen molar-refractivity contribution in [2.75, 3.05) is 19.7 Å². The Morgan fingerprint density at radius 1 is 1.39 bits per heavy atom. The van der Waals surface area contributed by atoms with Crippen LogP contribution in [0.3, 0.4) is 0 Å². The van der Waals surface area contributed by atoms with E-state index in [1.807, 2.05) is 19.1 Å². The molecule has 3 N–H and O–H groups in total. The lowest BCUT2D eigenvalue weighted by Gasteiger charge is -2.15. The summed E-state index contributed by atoms with van der Waals surface area (Å²) in [6.07, 6.45) is 4.03. The van der Waals surface area contributed by atoms with E-state index in [9.17, 15) is 9.59 Å². The molecule has 104 valence electrons. The molecule has 0 aromatic rings. The summed E-state index contributed by atoms with van der Waals surface area (Å²) < 4.78 is 5.21. The van der Waals surface area contributed by atoms with Crippen molar-refractivity contribution in [3.8, 4) is 0 Å². The minimum atomic E-state index is -0.941. The van der Waals surface area contributed by atoms with Gasteiger partial charge in [-0.2, -0.15) is 0 Å². The van der Waals surface area contributed by atoms with E-state index in [4.69, 9.17) is 9.84 Å². The molecule has 0 aliphatic heterocycles. The number of carboxylic acid groups (broad SMARTS) is 1. The number of aliphatic carboxylic acids is 1. The van der Waals surface area contributed by atoms with Crippen molar-refractivity contribution in [2.24, 2.45) is 0 Å². The maximum atomic E-state index is 11.4. The Labute approximate surface area is 107 Å². The van der Waals surface area contributed by atoms with E-state index < -0.39 is 12.1 Å². The monoisotopic (exact) mass is 258 g/mol. The van der Waals surface area contributed by atoms with E-state index in [-0.39, 0.29) is 19.0 Å². The normalized spacial score (nSPS) is 12.3. The average Bonchev–Trinajstić information content (AvgIpc) is 2.31. The van der Waals surface area contributed by atoms with E-state index >= 15 is 0 Å². The van der Waals surface area contributed by atoms with Gasteiger partial charge < -0.3 is 20.5 Å². The topological polar surface area (TPSA) is 87.7 Å². The molecule has 0 heterocycles. The fraction of sp³-hybridized carbons (Fsp3) is 0.667. The number of hydrogen-bond donors (Lipinski definition) is 3. The van der Waals surface area contributed by atoms with Crippen LogP contribution < -0.4 is 10.6 Å². The molecule has 0 aliphatic carbocycles. The molecule has 0 aliphatic rings. The number of carbonyl (C=O) groups is 2. The van der Waals surface area contributed by atoms with Crippen molar-refractivity contribution in [3.63, 3.8) is 0 Å². The molecular formula is C12H22N2O4. The van der Waals surface area contributed by atoms with Crippen molar-refractivity contribution < 1.29 is 19.4 Å². The van der Waals surface area contributed by atoms with Gasteiger partial charge in [0.1, 0.15) is 0 Å². The molecule has 6 nitrogen and oxygen atoms in total. The zero-order valence-corrected chi connectivity index (χ0v) is 10.9. The van der Waals surface area contributed by atoms with E-state index in [0.717, 1.165) is 6.42 Å². The van der Waals surface area contributed by atoms with Crippen LogP contribution in [0, 0.1) is 0 Å². The quantitative estimate of drug-likeness (QED) is 0.427. The van der Waals surface area contributed by atoms with Crippen LogP contribution in [-0.2, 0) is 9.53 Å². The average molecular weight is 258 g/mol. The van der Waals surface area contributed by atoms with Gasteiger partial charge in [0.05, 0.1) is 12.5 Å². The molecule has 0 saturated heterocycles. The second kappa shape index (κ2) is 10.6. The number of allylic oxidation sites excluding steroid dienone is 1. The Kier molecular flexibility index (Phi) is 9.67. The summed E-state index contributed by atoms with van der Waals surface area (Å²) in [5.41, 5.74) is 0. The third-order valence-corrected chi connectivity index (χ3v) is 2.13. The second-order valence-corrected chi connectivity index (χ2v) is 3.67. The summed E-state index contributed by atoms with van der Waals surface area (Å²) >= 11 is 0. The van der Waals surface area contributed by atoms with Gasteiger partial charge >= 0.3 is 12.0 Å². The van der Waals surface area contributed by atoms with Crippen LogP contribution >= 0.6 is 0 Å². The van der Waals surface area contributed by atoms with E-state index in [1.54, 1.807) is 6.92 Å². The van der Waals surface area contributed by atoms with Crippen molar-refractivity contribution >= 4 is 12.0 Å². The van der Waals surface area contributed by atoms with Crippen LogP contribution in [0.5, 0.6) is 0 Å². The van der Waals surface area contributed by atoms with Crippen molar-refractivity contribution in [1.29, 1.82) is 0 Å². The number of hydrogen-bond acceptors (Lipinski definition) is 3. The van der Waals surface area contributed by atoms with Crippen molar-refractivity contribution in [2.45, 2.75) is 32.8 Å². The first-order valence-electron chi connectivity index (χ1n) is 6.06. The fourth-order valence-electron chi connectivity index (χ4n) is 1.33. The Morgan fingerprint density at radius 2 is 2.11 bits per heavy atom. The first-order valence-corrected chi connectivity index (χ1v) is 6.06. The van der Waals surface area contributed by atoms with Crippen LogP contribution in [0.2, 0.25) is 0 Å². The fourth-order valence-corrected chi connectivity index (χ4v) is 1.33. The van der Waals surface area contributed by atoms with Crippen molar-refractivity contribution in [1.82, 2.24) is 10.6 Å². The number of amides is 2. The predicted molar refractivity (Wildman–Crippen MR) is 68.5 cm³/mol. The largest absolute Gasteiger partial charge is 0.481 e. The standard InChI is InChI=1S/C12H22N2O4/c1-3-5-6-7-13-12(17)14-9-10(18-4-2)8-11(15)16/h3,5,10H,4,6-9H2,1-2H3,(H,15,16)(H2,13,14,17)/b5-3+. The molecule has 0 aromatic carbocycles. The number of carboxylic acids is 1. The molecule has 0 radical (unpaired) electrons. The number of urea groups is 1. The minimum Gasteiger partial charge on any atom is -0.481 e. The Bertz CT molecular complexity index is 279. The van der Waals surface area contributed by atoms with Gasteiger partial charge in [-0.25, -0.2) is 4.79 Å². The number of nitrogens with one attached hydrogen (secondary N) is 2. The summed E-state index contributed by atoms with van der Waals surface area (Å²) in [6.45, 7) is 4.86. The van der Waals surface area contributed by atoms with Gasteiger partial charge in [0.2, 0.25) is 0 Å². The zero-order chi connectivity index (χ0) is 13.8. The summed E-state index contributed by atoms with van der Waals surface area (Å²) in [6, 6.07) is -0.311. The van der Waals surface area contributed by atoms with Crippen LogP contribution in [0.25, 0.3) is 0 Å². The molecule has 0 bridgehead atoms. The highest BCUT2D eigenvalue weighted by Crippen LogP contribution is 1.97. The second-order valence-electron chi connectivity index (χ2n) is 3.67. The third-order valence-electron chi connectivity index (χ3n) is 2.13. The third kappa shape index (κ3) is 9.65. The maximum Gasteiger partial charge on any atom is 0.314 e. The Balaban J connectivity index is 3.80. The van der Waals surface area contributed by atoms with Crippen LogP contribution in [0.4, 0.5) is 4.79 Å². The van der Waals surface area contributed by atoms with Gasteiger partial charge in [-0.1, -0.05) is 12.2 Å². The summed E-state index contributed by atoms with van der Waals surface area (Å²) in [5, 5.41) is 13.9.